The van der Waals surface area contributed by atoms with Crippen LogP contribution in [0.1, 0.15) is 27.7 Å². The van der Waals surface area contributed by atoms with Crippen molar-refractivity contribution in [1.29, 1.82) is 0 Å². The topological polar surface area (TPSA) is 24.4 Å². The Hall–Kier alpha value is -0.790. The van der Waals surface area contributed by atoms with Gasteiger partial charge in [0.25, 0.3) is 0 Å². The lowest BCUT2D eigenvalue weighted by Gasteiger charge is -2.08. The average molecular weight is 168 g/mol. The molecule has 0 aromatic heterocycles. The minimum absolute atomic E-state index is 0.465. The molecule has 0 atom stereocenters. The molecule has 12 heavy (non-hydrogen) atoms. The summed E-state index contributed by atoms with van der Waals surface area (Å²) in [6, 6.07) is 0. The molecule has 0 aliphatic carbocycles. The van der Waals surface area contributed by atoms with Crippen molar-refractivity contribution >= 4 is 5.84 Å². The van der Waals surface area contributed by atoms with E-state index in [1.54, 1.807) is 0 Å². The molecule has 0 aliphatic rings. The van der Waals surface area contributed by atoms with Crippen molar-refractivity contribution in [3.05, 3.63) is 12.3 Å². The zero-order valence-electron chi connectivity index (χ0n) is 8.76. The first-order chi connectivity index (χ1) is 5.57. The van der Waals surface area contributed by atoms with Crippen LogP contribution in [-0.2, 0) is 0 Å². The number of hydrogen-bond acceptors (Lipinski definition) is 1. The summed E-state index contributed by atoms with van der Waals surface area (Å²) in [6.07, 6.45) is 4.08. The monoisotopic (exact) mass is 168 g/mol. The van der Waals surface area contributed by atoms with E-state index in [0.717, 1.165) is 5.84 Å². The molecule has 0 amide bonds. The molecule has 2 nitrogen and oxygen atoms in total. The Morgan fingerprint density at radius 3 is 2.17 bits per heavy atom. The molecule has 1 N–H and O–H groups in total. The van der Waals surface area contributed by atoms with Crippen LogP contribution in [0.5, 0.6) is 0 Å². The third-order valence-corrected chi connectivity index (χ3v) is 1.50. The summed E-state index contributed by atoms with van der Waals surface area (Å²) in [4.78, 5) is 4.14. The van der Waals surface area contributed by atoms with Crippen LogP contribution in [0.4, 0.5) is 0 Å². The zero-order chi connectivity index (χ0) is 9.56. The predicted octanol–water partition coefficient (Wildman–Crippen LogP) is 2.43. The molecule has 0 radical (unpaired) electrons. The van der Waals surface area contributed by atoms with E-state index >= 15 is 0 Å². The Labute approximate surface area is 75.8 Å². The Morgan fingerprint density at radius 1 is 1.25 bits per heavy atom. The summed E-state index contributed by atoms with van der Waals surface area (Å²) >= 11 is 0. The maximum Gasteiger partial charge on any atom is 0.102 e. The summed E-state index contributed by atoms with van der Waals surface area (Å²) in [5, 5.41) is 3.17. The van der Waals surface area contributed by atoms with Crippen LogP contribution >= 0.6 is 0 Å². The average Bonchev–Trinajstić information content (AvgIpc) is 1.96. The van der Waals surface area contributed by atoms with E-state index in [2.05, 4.69) is 44.1 Å². The fourth-order valence-electron chi connectivity index (χ4n) is 0.815. The smallest absolute Gasteiger partial charge is 0.102 e. The van der Waals surface area contributed by atoms with E-state index in [1.807, 2.05) is 13.2 Å². The standard InChI is InChI=1S/C10H20N2/c1-8(2)6-7-12-10(11-5)9(3)4/h6-9H,1-5H3,(H,11,12)/b7-6-. The third-order valence-electron chi connectivity index (χ3n) is 1.50. The third kappa shape index (κ3) is 4.94. The van der Waals surface area contributed by atoms with Crippen molar-refractivity contribution in [3.63, 3.8) is 0 Å². The van der Waals surface area contributed by atoms with Crippen molar-refractivity contribution in [1.82, 2.24) is 5.32 Å². The molecule has 0 saturated carbocycles. The number of nitrogens with one attached hydrogen (secondary N) is 1. The lowest BCUT2D eigenvalue weighted by Crippen LogP contribution is -2.23. The van der Waals surface area contributed by atoms with Crippen molar-refractivity contribution in [2.45, 2.75) is 27.7 Å². The first kappa shape index (κ1) is 11.2. The molecule has 0 unspecified atom stereocenters. The van der Waals surface area contributed by atoms with Crippen molar-refractivity contribution in [2.75, 3.05) is 7.05 Å². The first-order valence-electron chi connectivity index (χ1n) is 4.47. The van der Waals surface area contributed by atoms with Crippen molar-refractivity contribution in [3.8, 4) is 0 Å². The molecule has 2 heteroatoms. The van der Waals surface area contributed by atoms with Crippen LogP contribution in [0, 0.1) is 11.8 Å². The predicted molar refractivity (Wildman–Crippen MR) is 55.3 cm³/mol. The number of aliphatic imine (C=N–C) groups is 1. The van der Waals surface area contributed by atoms with Crippen LogP contribution in [0.15, 0.2) is 17.3 Å². The number of nitrogens with zero attached hydrogens (tertiary/aromatic N) is 1. The van der Waals surface area contributed by atoms with Gasteiger partial charge in [-0.25, -0.2) is 0 Å². The number of amidine groups is 1. The molecule has 0 rings (SSSR count). The SMILES string of the molecule is CN=C(N/C=C\C(C)C)C(C)C. The minimum atomic E-state index is 0.465. The highest BCUT2D eigenvalue weighted by Crippen LogP contribution is 1.95. The molecule has 0 spiro atoms. The Balaban J connectivity index is 3.90. The fourth-order valence-corrected chi connectivity index (χ4v) is 0.815. The number of hydrogen-bond donors (Lipinski definition) is 1. The quantitative estimate of drug-likeness (QED) is 0.508. The lowest BCUT2D eigenvalue weighted by molar-refractivity contribution is 0.814. The Morgan fingerprint density at radius 2 is 1.83 bits per heavy atom. The van der Waals surface area contributed by atoms with Gasteiger partial charge in [0.15, 0.2) is 0 Å². The van der Waals surface area contributed by atoms with Gasteiger partial charge in [0, 0.05) is 13.0 Å². The fraction of sp³-hybridized carbons (Fsp3) is 0.700. The highest BCUT2D eigenvalue weighted by molar-refractivity contribution is 5.84. The molecule has 0 aromatic carbocycles. The van der Waals surface area contributed by atoms with E-state index in [-0.39, 0.29) is 0 Å². The van der Waals surface area contributed by atoms with Crippen LogP contribution in [0.25, 0.3) is 0 Å². The second-order valence-corrected chi connectivity index (χ2v) is 3.51. The van der Waals surface area contributed by atoms with Gasteiger partial charge in [0.05, 0.1) is 0 Å². The van der Waals surface area contributed by atoms with Gasteiger partial charge in [-0.2, -0.15) is 0 Å². The molecule has 70 valence electrons. The largest absolute Gasteiger partial charge is 0.351 e. The molecular weight excluding hydrogens is 148 g/mol. The summed E-state index contributed by atoms with van der Waals surface area (Å²) in [6.45, 7) is 8.55. The van der Waals surface area contributed by atoms with Gasteiger partial charge in [-0.3, -0.25) is 4.99 Å². The van der Waals surface area contributed by atoms with Gasteiger partial charge in [-0.15, -0.1) is 0 Å². The van der Waals surface area contributed by atoms with Crippen molar-refractivity contribution in [2.24, 2.45) is 16.8 Å². The van der Waals surface area contributed by atoms with Gasteiger partial charge in [-0.05, 0) is 12.1 Å². The van der Waals surface area contributed by atoms with E-state index < -0.39 is 0 Å². The van der Waals surface area contributed by atoms with Crippen LogP contribution in [0.2, 0.25) is 0 Å². The van der Waals surface area contributed by atoms with Crippen LogP contribution < -0.4 is 5.32 Å². The minimum Gasteiger partial charge on any atom is -0.351 e. The molecule has 0 heterocycles. The molecule has 0 fully saturated rings. The lowest BCUT2D eigenvalue weighted by atomic mass is 10.2. The van der Waals surface area contributed by atoms with Gasteiger partial charge in [-0.1, -0.05) is 33.8 Å². The van der Waals surface area contributed by atoms with Crippen LogP contribution in [-0.4, -0.2) is 12.9 Å². The first-order valence-corrected chi connectivity index (χ1v) is 4.47. The molecular formula is C10H20N2. The molecule has 0 saturated heterocycles. The van der Waals surface area contributed by atoms with E-state index in [1.165, 1.54) is 0 Å². The van der Waals surface area contributed by atoms with E-state index in [0.29, 0.717) is 11.8 Å². The summed E-state index contributed by atoms with van der Waals surface area (Å²) in [5.74, 6) is 2.08. The van der Waals surface area contributed by atoms with Crippen LogP contribution in [0.3, 0.4) is 0 Å². The summed E-state index contributed by atoms with van der Waals surface area (Å²) in [7, 11) is 1.81. The maximum atomic E-state index is 4.14. The normalized spacial score (nSPS) is 13.4. The highest BCUT2D eigenvalue weighted by Gasteiger charge is 1.99. The summed E-state index contributed by atoms with van der Waals surface area (Å²) in [5.41, 5.74) is 0. The van der Waals surface area contributed by atoms with Gasteiger partial charge in [0.1, 0.15) is 5.84 Å². The van der Waals surface area contributed by atoms with E-state index in [9.17, 15) is 0 Å². The maximum absolute atomic E-state index is 4.14. The van der Waals surface area contributed by atoms with Gasteiger partial charge >= 0.3 is 0 Å². The Kier molecular flexibility index (Phi) is 5.43. The molecule has 0 aromatic rings. The Bertz CT molecular complexity index is 167. The molecule has 0 aliphatic heterocycles. The number of allylic oxidation sites excluding steroid dienone is 1. The highest BCUT2D eigenvalue weighted by atomic mass is 15.0. The van der Waals surface area contributed by atoms with E-state index in [4.69, 9.17) is 0 Å². The molecule has 0 bridgehead atoms. The number of rotatable bonds is 3. The van der Waals surface area contributed by atoms with Gasteiger partial charge < -0.3 is 5.32 Å². The summed E-state index contributed by atoms with van der Waals surface area (Å²) < 4.78 is 0. The zero-order valence-corrected chi connectivity index (χ0v) is 8.76. The van der Waals surface area contributed by atoms with Crippen molar-refractivity contribution < 1.29 is 0 Å². The van der Waals surface area contributed by atoms with Gasteiger partial charge in [0.2, 0.25) is 0 Å². The second-order valence-electron chi connectivity index (χ2n) is 3.51. The second kappa shape index (κ2) is 5.81.